The van der Waals surface area contributed by atoms with Gasteiger partial charge in [-0.3, -0.25) is 9.69 Å². The Labute approximate surface area is 123 Å². The molecule has 0 bridgehead atoms. The standard InChI is InChI=1S/C15H19N3OS/c1-4-18(5-2)13-11-16-15(20-13)17(3)14(19)12-9-7-6-8-10-12/h6-11H,4-5H2,1-3H3. The van der Waals surface area contributed by atoms with Gasteiger partial charge in [-0.25, -0.2) is 4.98 Å². The van der Waals surface area contributed by atoms with Crippen molar-refractivity contribution in [1.29, 1.82) is 0 Å². The third-order valence-corrected chi connectivity index (χ3v) is 4.30. The van der Waals surface area contributed by atoms with E-state index in [0.717, 1.165) is 23.2 Å². The normalized spacial score (nSPS) is 10.3. The third kappa shape index (κ3) is 2.99. The number of carbonyl (C=O) groups excluding carboxylic acids is 1. The molecule has 106 valence electrons. The highest BCUT2D eigenvalue weighted by molar-refractivity contribution is 7.19. The van der Waals surface area contributed by atoms with E-state index < -0.39 is 0 Å². The predicted octanol–water partition coefficient (Wildman–Crippen LogP) is 3.27. The summed E-state index contributed by atoms with van der Waals surface area (Å²) in [7, 11) is 1.76. The van der Waals surface area contributed by atoms with Crippen LogP contribution in [0.2, 0.25) is 0 Å². The molecule has 20 heavy (non-hydrogen) atoms. The molecule has 1 aromatic carbocycles. The lowest BCUT2D eigenvalue weighted by Crippen LogP contribution is -2.25. The van der Waals surface area contributed by atoms with Gasteiger partial charge in [0.1, 0.15) is 5.00 Å². The van der Waals surface area contributed by atoms with Crippen molar-refractivity contribution in [2.75, 3.05) is 29.9 Å². The lowest BCUT2D eigenvalue weighted by molar-refractivity contribution is 0.0993. The molecule has 2 aromatic rings. The molecule has 0 fully saturated rings. The van der Waals surface area contributed by atoms with Crippen LogP contribution in [-0.2, 0) is 0 Å². The number of thiazole rings is 1. The summed E-state index contributed by atoms with van der Waals surface area (Å²) in [6.45, 7) is 6.10. The zero-order valence-corrected chi connectivity index (χ0v) is 12.9. The smallest absolute Gasteiger partial charge is 0.259 e. The van der Waals surface area contributed by atoms with Crippen LogP contribution in [0.3, 0.4) is 0 Å². The van der Waals surface area contributed by atoms with Crippen LogP contribution in [0.4, 0.5) is 10.1 Å². The van der Waals surface area contributed by atoms with Crippen molar-refractivity contribution < 1.29 is 4.79 Å². The average molecular weight is 289 g/mol. The molecule has 0 saturated heterocycles. The van der Waals surface area contributed by atoms with Crippen molar-refractivity contribution in [3.8, 4) is 0 Å². The van der Waals surface area contributed by atoms with E-state index in [1.54, 1.807) is 23.3 Å². The topological polar surface area (TPSA) is 36.4 Å². The number of carbonyl (C=O) groups is 1. The lowest BCUT2D eigenvalue weighted by Gasteiger charge is -2.18. The van der Waals surface area contributed by atoms with Gasteiger partial charge in [0.05, 0.1) is 6.20 Å². The molecular weight excluding hydrogens is 270 g/mol. The van der Waals surface area contributed by atoms with E-state index in [1.807, 2.05) is 36.5 Å². The van der Waals surface area contributed by atoms with Gasteiger partial charge in [-0.15, -0.1) is 0 Å². The van der Waals surface area contributed by atoms with Crippen LogP contribution in [0.25, 0.3) is 0 Å². The van der Waals surface area contributed by atoms with Crippen molar-refractivity contribution in [2.45, 2.75) is 13.8 Å². The van der Waals surface area contributed by atoms with Crippen LogP contribution in [-0.4, -0.2) is 31.0 Å². The van der Waals surface area contributed by atoms with Crippen LogP contribution in [0.15, 0.2) is 36.5 Å². The predicted molar refractivity (Wildman–Crippen MR) is 84.9 cm³/mol. The summed E-state index contributed by atoms with van der Waals surface area (Å²) in [6, 6.07) is 9.27. The highest BCUT2D eigenvalue weighted by Gasteiger charge is 2.17. The Bertz CT molecular complexity index is 564. The molecule has 0 N–H and O–H groups in total. The molecule has 1 heterocycles. The highest BCUT2D eigenvalue weighted by atomic mass is 32.1. The molecule has 0 aliphatic rings. The number of nitrogens with zero attached hydrogens (tertiary/aromatic N) is 3. The fraction of sp³-hybridized carbons (Fsp3) is 0.333. The molecule has 0 atom stereocenters. The maximum atomic E-state index is 12.3. The summed E-state index contributed by atoms with van der Waals surface area (Å²) < 4.78 is 0. The first-order valence-electron chi connectivity index (χ1n) is 6.71. The van der Waals surface area contributed by atoms with Gasteiger partial charge in [0.25, 0.3) is 5.91 Å². The molecule has 2 rings (SSSR count). The Morgan fingerprint density at radius 1 is 1.20 bits per heavy atom. The number of rotatable bonds is 5. The summed E-state index contributed by atoms with van der Waals surface area (Å²) in [5.41, 5.74) is 0.676. The molecule has 4 nitrogen and oxygen atoms in total. The second-order valence-corrected chi connectivity index (χ2v) is 5.37. The minimum atomic E-state index is -0.0361. The molecule has 0 aliphatic heterocycles. The van der Waals surface area contributed by atoms with Gasteiger partial charge in [0, 0.05) is 25.7 Å². The number of aromatic nitrogens is 1. The van der Waals surface area contributed by atoms with Crippen molar-refractivity contribution in [3.63, 3.8) is 0 Å². The fourth-order valence-electron chi connectivity index (χ4n) is 1.95. The third-order valence-electron chi connectivity index (χ3n) is 3.17. The summed E-state index contributed by atoms with van der Waals surface area (Å²) >= 11 is 1.54. The molecule has 1 amide bonds. The molecule has 5 heteroatoms. The van der Waals surface area contributed by atoms with Crippen molar-refractivity contribution >= 4 is 27.4 Å². The van der Waals surface area contributed by atoms with Crippen LogP contribution in [0, 0.1) is 0 Å². The molecule has 0 unspecified atom stereocenters. The van der Waals surface area contributed by atoms with E-state index in [1.165, 1.54) is 0 Å². The molecule has 0 radical (unpaired) electrons. The molecule has 0 saturated carbocycles. The van der Waals surface area contributed by atoms with Gasteiger partial charge in [-0.2, -0.15) is 0 Å². The van der Waals surface area contributed by atoms with Crippen molar-refractivity contribution in [1.82, 2.24) is 4.98 Å². The fourth-order valence-corrected chi connectivity index (χ4v) is 2.96. The van der Waals surface area contributed by atoms with Crippen LogP contribution in [0.5, 0.6) is 0 Å². The van der Waals surface area contributed by atoms with Gasteiger partial charge < -0.3 is 4.90 Å². The highest BCUT2D eigenvalue weighted by Crippen LogP contribution is 2.29. The summed E-state index contributed by atoms with van der Waals surface area (Å²) in [4.78, 5) is 20.5. The first kappa shape index (κ1) is 14.5. The van der Waals surface area contributed by atoms with Gasteiger partial charge >= 0.3 is 0 Å². The van der Waals surface area contributed by atoms with E-state index in [2.05, 4.69) is 23.7 Å². The van der Waals surface area contributed by atoms with Crippen molar-refractivity contribution in [2.24, 2.45) is 0 Å². The van der Waals surface area contributed by atoms with E-state index in [-0.39, 0.29) is 5.91 Å². The first-order chi connectivity index (χ1) is 9.67. The molecule has 0 spiro atoms. The van der Waals surface area contributed by atoms with Crippen LogP contribution < -0.4 is 9.80 Å². The molecule has 1 aromatic heterocycles. The quantitative estimate of drug-likeness (QED) is 0.847. The van der Waals surface area contributed by atoms with E-state index in [4.69, 9.17) is 0 Å². The van der Waals surface area contributed by atoms with E-state index in [0.29, 0.717) is 5.56 Å². The van der Waals surface area contributed by atoms with Gasteiger partial charge in [-0.1, -0.05) is 29.5 Å². The Morgan fingerprint density at radius 2 is 1.85 bits per heavy atom. The Morgan fingerprint density at radius 3 is 2.45 bits per heavy atom. The summed E-state index contributed by atoms with van der Waals surface area (Å²) in [5.74, 6) is -0.0361. The van der Waals surface area contributed by atoms with Crippen LogP contribution >= 0.6 is 11.3 Å². The number of hydrogen-bond acceptors (Lipinski definition) is 4. The second kappa shape index (κ2) is 6.52. The number of anilines is 2. The first-order valence-corrected chi connectivity index (χ1v) is 7.52. The largest absolute Gasteiger partial charge is 0.363 e. The van der Waals surface area contributed by atoms with Gasteiger partial charge in [0.15, 0.2) is 5.13 Å². The molecule has 0 aliphatic carbocycles. The number of amides is 1. The second-order valence-electron chi connectivity index (χ2n) is 4.38. The Balaban J connectivity index is 2.17. The zero-order chi connectivity index (χ0) is 14.5. The molecular formula is C15H19N3OS. The number of hydrogen-bond donors (Lipinski definition) is 0. The summed E-state index contributed by atoms with van der Waals surface area (Å²) in [6.07, 6.45) is 1.84. The SMILES string of the molecule is CCN(CC)c1cnc(N(C)C(=O)c2ccccc2)s1. The van der Waals surface area contributed by atoms with Gasteiger partial charge in [0.2, 0.25) is 0 Å². The average Bonchev–Trinajstić information content (AvgIpc) is 2.97. The van der Waals surface area contributed by atoms with E-state index in [9.17, 15) is 4.79 Å². The number of benzene rings is 1. The Kier molecular flexibility index (Phi) is 4.74. The maximum Gasteiger partial charge on any atom is 0.259 e. The van der Waals surface area contributed by atoms with Crippen LogP contribution in [0.1, 0.15) is 24.2 Å². The minimum absolute atomic E-state index is 0.0361. The zero-order valence-electron chi connectivity index (χ0n) is 12.0. The maximum absolute atomic E-state index is 12.3. The Hall–Kier alpha value is -1.88. The summed E-state index contributed by atoms with van der Waals surface area (Å²) in [5, 5.41) is 1.82. The van der Waals surface area contributed by atoms with E-state index >= 15 is 0 Å². The van der Waals surface area contributed by atoms with Gasteiger partial charge in [-0.05, 0) is 26.0 Å². The lowest BCUT2D eigenvalue weighted by atomic mass is 10.2. The van der Waals surface area contributed by atoms with Crippen molar-refractivity contribution in [3.05, 3.63) is 42.1 Å². The monoisotopic (exact) mass is 289 g/mol. The minimum Gasteiger partial charge on any atom is -0.363 e.